The van der Waals surface area contributed by atoms with Crippen molar-refractivity contribution in [3.8, 4) is 11.5 Å². The van der Waals surface area contributed by atoms with E-state index in [2.05, 4.69) is 5.32 Å². The first-order chi connectivity index (χ1) is 19.3. The Morgan fingerprint density at radius 2 is 1.35 bits per heavy atom. The molecule has 0 bridgehead atoms. The average Bonchev–Trinajstić information content (AvgIpc) is 2.95. The third-order valence-corrected chi connectivity index (χ3v) is 6.86. The van der Waals surface area contributed by atoms with Crippen LogP contribution in [0.3, 0.4) is 0 Å². The summed E-state index contributed by atoms with van der Waals surface area (Å²) in [4.78, 5) is 15.7. The van der Waals surface area contributed by atoms with E-state index in [0.29, 0.717) is 34.6 Å². The summed E-state index contributed by atoms with van der Waals surface area (Å²) in [7, 11) is 0. The molecule has 1 aliphatic heterocycles. The normalized spacial score (nSPS) is 17.0. The molecule has 3 N–H and O–H groups in total. The first kappa shape index (κ1) is 26.7. The highest BCUT2D eigenvalue weighted by atomic mass is 19.1. The number of rotatable bonds is 7. The third kappa shape index (κ3) is 5.61. The first-order valence-corrected chi connectivity index (χ1v) is 12.9. The maximum absolute atomic E-state index is 14.0. The number of hydrogen-bond acceptors (Lipinski definition) is 6. The van der Waals surface area contributed by atoms with Gasteiger partial charge in [-0.15, -0.1) is 0 Å². The Kier molecular flexibility index (Phi) is 7.68. The zero-order chi connectivity index (χ0) is 28.2. The standard InChI is InChI=1S/C32H28F2N2O4/c1-2-40-32(39)30-28(35-24-11-7-22(33)8-12-24)19-29(20-3-15-26(37)16-4-20)36(25-13-9-23(34)10-14-25)31(30)21-5-17-27(38)18-6-21/h3-18,29,31,35,37-38H,2,19H2,1H3. The second-order valence-electron chi connectivity index (χ2n) is 9.43. The van der Waals surface area contributed by atoms with Crippen molar-refractivity contribution in [1.29, 1.82) is 0 Å². The van der Waals surface area contributed by atoms with Crippen LogP contribution in [0, 0.1) is 11.6 Å². The molecule has 5 rings (SSSR count). The van der Waals surface area contributed by atoms with Crippen molar-refractivity contribution in [3.05, 3.63) is 131 Å². The summed E-state index contributed by atoms with van der Waals surface area (Å²) >= 11 is 0. The van der Waals surface area contributed by atoms with Gasteiger partial charge in [0.05, 0.1) is 24.3 Å². The minimum atomic E-state index is -0.722. The van der Waals surface area contributed by atoms with Crippen LogP contribution in [0.15, 0.2) is 108 Å². The molecule has 0 fully saturated rings. The van der Waals surface area contributed by atoms with Gasteiger partial charge in [-0.05, 0) is 90.8 Å². The molecule has 1 aliphatic rings. The molecular weight excluding hydrogens is 514 g/mol. The van der Waals surface area contributed by atoms with Crippen molar-refractivity contribution in [2.24, 2.45) is 0 Å². The number of hydrogen-bond donors (Lipinski definition) is 3. The Morgan fingerprint density at radius 3 is 1.90 bits per heavy atom. The maximum atomic E-state index is 14.0. The van der Waals surface area contributed by atoms with Gasteiger partial charge in [-0.2, -0.15) is 0 Å². The van der Waals surface area contributed by atoms with Gasteiger partial charge in [0.15, 0.2) is 0 Å². The Labute approximate surface area is 230 Å². The van der Waals surface area contributed by atoms with E-state index >= 15 is 0 Å². The van der Waals surface area contributed by atoms with Crippen LogP contribution in [0.4, 0.5) is 20.2 Å². The van der Waals surface area contributed by atoms with E-state index in [1.54, 1.807) is 67.6 Å². The number of phenols is 2. The number of nitrogens with zero attached hydrogens (tertiary/aromatic N) is 1. The summed E-state index contributed by atoms with van der Waals surface area (Å²) in [6.07, 6.45) is 0.308. The highest BCUT2D eigenvalue weighted by Crippen LogP contribution is 2.48. The molecule has 6 nitrogen and oxygen atoms in total. The first-order valence-electron chi connectivity index (χ1n) is 12.9. The lowest BCUT2D eigenvalue weighted by atomic mass is 9.84. The van der Waals surface area contributed by atoms with Crippen molar-refractivity contribution in [3.63, 3.8) is 0 Å². The van der Waals surface area contributed by atoms with E-state index in [0.717, 1.165) is 5.56 Å². The van der Waals surface area contributed by atoms with E-state index in [1.807, 2.05) is 4.90 Å². The van der Waals surface area contributed by atoms with Gasteiger partial charge in [0.1, 0.15) is 23.1 Å². The second-order valence-corrected chi connectivity index (χ2v) is 9.43. The number of aromatic hydroxyl groups is 2. The summed E-state index contributed by atoms with van der Waals surface area (Å²) in [5.74, 6) is -1.16. The molecule has 204 valence electrons. The lowest BCUT2D eigenvalue weighted by Gasteiger charge is -2.46. The van der Waals surface area contributed by atoms with Crippen molar-refractivity contribution < 1.29 is 28.5 Å². The highest BCUT2D eigenvalue weighted by molar-refractivity contribution is 5.93. The van der Waals surface area contributed by atoms with E-state index in [4.69, 9.17) is 4.74 Å². The summed E-state index contributed by atoms with van der Waals surface area (Å²) in [6.45, 7) is 1.87. The van der Waals surface area contributed by atoms with Crippen LogP contribution in [0.25, 0.3) is 0 Å². The Hall–Kier alpha value is -4.85. The van der Waals surface area contributed by atoms with Crippen molar-refractivity contribution in [2.75, 3.05) is 16.8 Å². The fraction of sp³-hybridized carbons (Fsp3) is 0.156. The number of esters is 1. The van der Waals surface area contributed by atoms with Gasteiger partial charge < -0.3 is 25.2 Å². The molecule has 0 aliphatic carbocycles. The van der Waals surface area contributed by atoms with Crippen LogP contribution in [0.1, 0.15) is 36.6 Å². The lowest BCUT2D eigenvalue weighted by Crippen LogP contribution is -2.41. The fourth-order valence-electron chi connectivity index (χ4n) is 5.06. The molecule has 4 aromatic carbocycles. The number of carbonyl (C=O) groups is 1. The van der Waals surface area contributed by atoms with Crippen LogP contribution in [-0.2, 0) is 9.53 Å². The predicted octanol–water partition coefficient (Wildman–Crippen LogP) is 7.00. The van der Waals surface area contributed by atoms with Crippen molar-refractivity contribution >= 4 is 17.3 Å². The molecule has 2 atom stereocenters. The van der Waals surface area contributed by atoms with Gasteiger partial charge >= 0.3 is 5.97 Å². The zero-order valence-electron chi connectivity index (χ0n) is 21.7. The summed E-state index contributed by atoms with van der Waals surface area (Å²) < 4.78 is 33.2. The second kappa shape index (κ2) is 11.5. The Bertz CT molecular complexity index is 1500. The molecule has 0 saturated heterocycles. The molecule has 8 heteroatoms. The van der Waals surface area contributed by atoms with E-state index < -0.39 is 17.8 Å². The molecule has 4 aromatic rings. The fourth-order valence-corrected chi connectivity index (χ4v) is 5.06. The van der Waals surface area contributed by atoms with Crippen molar-refractivity contribution in [1.82, 2.24) is 0 Å². The molecule has 2 unspecified atom stereocenters. The monoisotopic (exact) mass is 542 g/mol. The van der Waals surface area contributed by atoms with Crippen LogP contribution in [0.2, 0.25) is 0 Å². The predicted molar refractivity (Wildman–Crippen MR) is 149 cm³/mol. The van der Waals surface area contributed by atoms with Crippen LogP contribution in [-0.4, -0.2) is 22.8 Å². The molecule has 0 saturated carbocycles. The van der Waals surface area contributed by atoms with Crippen LogP contribution < -0.4 is 10.2 Å². The zero-order valence-corrected chi connectivity index (χ0v) is 21.7. The summed E-state index contributed by atoms with van der Waals surface area (Å²) in [6, 6.07) is 24.1. The van der Waals surface area contributed by atoms with Crippen LogP contribution in [0.5, 0.6) is 11.5 Å². The number of anilines is 2. The highest BCUT2D eigenvalue weighted by Gasteiger charge is 2.42. The van der Waals surface area contributed by atoms with E-state index in [9.17, 15) is 23.8 Å². The average molecular weight is 543 g/mol. The quantitative estimate of drug-likeness (QED) is 0.218. The summed E-state index contributed by atoms with van der Waals surface area (Å²) in [5, 5.41) is 23.3. The lowest BCUT2D eigenvalue weighted by molar-refractivity contribution is -0.139. The molecule has 0 aromatic heterocycles. The SMILES string of the molecule is CCOC(=O)C1=C(Nc2ccc(F)cc2)CC(c2ccc(O)cc2)N(c2ccc(F)cc2)C1c1ccc(O)cc1. The number of carbonyl (C=O) groups excluding carboxylic acids is 1. The number of benzene rings is 4. The number of nitrogens with one attached hydrogen (secondary N) is 1. The Balaban J connectivity index is 1.77. The number of ether oxygens (including phenoxy) is 1. The maximum Gasteiger partial charge on any atom is 0.338 e. The van der Waals surface area contributed by atoms with Gasteiger partial charge in [-0.3, -0.25) is 0 Å². The molecule has 0 amide bonds. The largest absolute Gasteiger partial charge is 0.508 e. The van der Waals surface area contributed by atoms with Gasteiger partial charge in [0, 0.05) is 23.5 Å². The van der Waals surface area contributed by atoms with Crippen LogP contribution >= 0.6 is 0 Å². The minimum Gasteiger partial charge on any atom is -0.508 e. The van der Waals surface area contributed by atoms with E-state index in [1.165, 1.54) is 36.4 Å². The topological polar surface area (TPSA) is 82.0 Å². The molecule has 1 heterocycles. The van der Waals surface area contributed by atoms with Gasteiger partial charge in [0.2, 0.25) is 0 Å². The van der Waals surface area contributed by atoms with Gasteiger partial charge in [0.25, 0.3) is 0 Å². The molecular formula is C32H28F2N2O4. The number of phenolic OH excluding ortho intramolecular Hbond substituents is 2. The minimum absolute atomic E-state index is 0.0642. The number of halogens is 2. The molecule has 40 heavy (non-hydrogen) atoms. The molecule has 0 spiro atoms. The van der Waals surface area contributed by atoms with Gasteiger partial charge in [-0.1, -0.05) is 24.3 Å². The van der Waals surface area contributed by atoms with E-state index in [-0.39, 0.29) is 30.0 Å². The third-order valence-electron chi connectivity index (χ3n) is 6.86. The Morgan fingerprint density at radius 1 is 0.825 bits per heavy atom. The summed E-state index contributed by atoms with van der Waals surface area (Å²) in [5.41, 5.74) is 3.66. The smallest absolute Gasteiger partial charge is 0.338 e. The molecule has 0 radical (unpaired) electrons. The van der Waals surface area contributed by atoms with Crippen molar-refractivity contribution in [2.45, 2.75) is 25.4 Å². The van der Waals surface area contributed by atoms with Gasteiger partial charge in [-0.25, -0.2) is 13.6 Å².